The monoisotopic (exact) mass is 1430 g/mol. The molecule has 106 heavy (non-hydrogen) atoms. The number of methoxy groups -OCH3 is 2. The predicted octanol–water partition coefficient (Wildman–Crippen LogP) is 9.93. The van der Waals surface area contributed by atoms with Crippen LogP contribution in [0.2, 0.25) is 0 Å². The molecule has 9 N–H and O–H groups in total. The number of nitrogens with zero attached hydrogens (tertiary/aromatic N) is 3. The minimum absolute atomic E-state index is 0. The molecule has 0 unspecified atom stereocenters. The zero-order chi connectivity index (χ0) is 73.1. The number of amides is 2. The lowest BCUT2D eigenvalue weighted by Crippen LogP contribution is -2.61. The van der Waals surface area contributed by atoms with Gasteiger partial charge < -0.3 is 65.7 Å². The summed E-state index contributed by atoms with van der Waals surface area (Å²) < 4.78 is 11.1. The molecular formula is C87H97N9O10. The Morgan fingerprint density at radius 1 is 0.462 bits per heavy atom. The lowest BCUT2D eigenvalue weighted by molar-refractivity contribution is 0.0233. The van der Waals surface area contributed by atoms with Crippen LogP contribution in [0.3, 0.4) is 0 Å². The lowest BCUT2D eigenvalue weighted by atomic mass is 9.52. The van der Waals surface area contributed by atoms with Crippen molar-refractivity contribution in [1.82, 2.24) is 40.3 Å². The number of pyridine rings is 3. The molecule has 6 aromatic carbocycles. The van der Waals surface area contributed by atoms with E-state index in [2.05, 4.69) is 97.8 Å². The van der Waals surface area contributed by atoms with Crippen LogP contribution in [0.1, 0.15) is 142 Å². The van der Waals surface area contributed by atoms with E-state index in [0.717, 1.165) is 153 Å². The van der Waals surface area contributed by atoms with Crippen LogP contribution in [0.15, 0.2) is 178 Å². The number of fused-ring (bicyclic) bond motifs is 6. The average Bonchev–Trinajstić information content (AvgIpc) is 0.718. The van der Waals surface area contributed by atoms with Gasteiger partial charge in [0.15, 0.2) is 0 Å². The van der Waals surface area contributed by atoms with Crippen molar-refractivity contribution in [3.8, 4) is 17.2 Å². The molecule has 6 bridgehead atoms. The van der Waals surface area contributed by atoms with E-state index >= 15 is 0 Å². The van der Waals surface area contributed by atoms with Crippen LogP contribution in [-0.4, -0.2) is 131 Å². The summed E-state index contributed by atoms with van der Waals surface area (Å²) in [5.41, 5.74) is 21.4. The topological polar surface area (TPSA) is 269 Å². The number of aromatic nitrogens is 3. The van der Waals surface area contributed by atoms with Crippen molar-refractivity contribution < 1.29 is 34.1 Å². The standard InChI is InChI=1S/C29H31N3O3.C28H29N3O3.C22H24N2O4.C7H9N.CH4/c1-32-11-10-29-16-25-20(13-24(29)26(32)14-19-8-9-21(35-2)15-23(19)29)12-22(28(34)31-25)27(33)30-17-18-6-4-3-5-7-18;1-31-10-9-28-15-24-19(12-23(28)25(31)13-18-7-8-20(32)14-22(18)28)11-21(27(34)30-24)26(33)29-16-17-5-3-2-4-6-17;1-24-6-5-22-11-18-13(7-15(21(26)27)20(25)23-18)8-17(22)19(24)9-12-3-4-14(28-2)10-16(12)22;8-6-7-4-2-1-3-5-7;/h3-9,12,15,24,26H,10-11,13-14,16-17H2,1-2H3,(H,30,33)(H,31,34);2-8,11,14,23,25,32H,9-10,12-13,15-16H2,1H3,(H,29,33)(H,30,34);3-4,7,10,17,19H,5-6,8-9,11H2,1-2H3,(H,23,25)(H,26,27);1-5H,6,8H2;1H4/t24-,26+,29+;23-,25+,28+;17-,19+,22+;;/m000../s1. The maximum Gasteiger partial charge on any atom is 0.341 e. The Balaban J connectivity index is 0.000000127. The highest BCUT2D eigenvalue weighted by atomic mass is 16.5. The molecule has 18 rings (SSSR count). The van der Waals surface area contributed by atoms with Crippen LogP contribution in [0.25, 0.3) is 0 Å². The van der Waals surface area contributed by atoms with Crippen molar-refractivity contribution in [1.29, 1.82) is 0 Å². The zero-order valence-electron chi connectivity index (χ0n) is 60.4. The number of carboxylic acids is 1. The number of phenols is 1. The molecule has 19 heteroatoms. The minimum atomic E-state index is -1.17. The van der Waals surface area contributed by atoms with Crippen LogP contribution in [0.5, 0.6) is 17.2 Å². The molecule has 9 aliphatic rings. The Morgan fingerprint density at radius 2 is 0.802 bits per heavy atom. The number of carbonyl (C=O) groups is 3. The van der Waals surface area contributed by atoms with Crippen molar-refractivity contribution >= 4 is 17.8 Å². The number of phenolic OH excluding ortho intramolecular Hbond substituents is 1. The van der Waals surface area contributed by atoms with Gasteiger partial charge in [-0.3, -0.25) is 24.0 Å². The molecule has 0 radical (unpaired) electrons. The van der Waals surface area contributed by atoms with Crippen molar-refractivity contribution in [2.75, 3.05) is 55.0 Å². The summed E-state index contributed by atoms with van der Waals surface area (Å²) in [4.78, 5) is 92.0. The second kappa shape index (κ2) is 29.6. The quantitative estimate of drug-likeness (QED) is 0.0633. The molecule has 9 atom stereocenters. The smallest absolute Gasteiger partial charge is 0.341 e. The first-order chi connectivity index (χ1) is 50.8. The second-order valence-electron chi connectivity index (χ2n) is 30.7. The Morgan fingerprint density at radius 3 is 1.15 bits per heavy atom. The normalized spacial score (nSPS) is 24.3. The number of rotatable bonds is 10. The number of hydrogen-bond donors (Lipinski definition) is 8. The summed E-state index contributed by atoms with van der Waals surface area (Å²) in [6, 6.07) is 54.6. The number of carboxylic acid groups (broad SMARTS) is 1. The fourth-order valence-electron chi connectivity index (χ4n) is 19.9. The van der Waals surface area contributed by atoms with Crippen LogP contribution in [0.4, 0.5) is 0 Å². The lowest BCUT2D eigenvalue weighted by Gasteiger charge is -2.58. The molecule has 3 fully saturated rings. The fourth-order valence-corrected chi connectivity index (χ4v) is 19.9. The van der Waals surface area contributed by atoms with E-state index in [4.69, 9.17) is 15.2 Å². The van der Waals surface area contributed by atoms with Gasteiger partial charge in [0.05, 0.1) is 14.2 Å². The highest BCUT2D eigenvalue weighted by molar-refractivity contribution is 5.94. The number of aromatic amines is 3. The van der Waals surface area contributed by atoms with Crippen molar-refractivity contribution in [2.24, 2.45) is 23.5 Å². The number of ether oxygens (including phenoxy) is 2. The number of nitrogens with two attached hydrogens (primary N) is 1. The molecule has 2 amide bonds. The fraction of sp³-hybridized carbons (Fsp3) is 0.379. The van der Waals surface area contributed by atoms with Crippen LogP contribution in [-0.2, 0) is 93.7 Å². The van der Waals surface area contributed by atoms with E-state index in [-0.39, 0.29) is 63.3 Å². The third kappa shape index (κ3) is 13.4. The molecule has 6 aliphatic carbocycles. The molecule has 0 spiro atoms. The van der Waals surface area contributed by atoms with Gasteiger partial charge in [0, 0.05) is 71.1 Å². The number of H-pyrrole nitrogens is 3. The van der Waals surface area contributed by atoms with Gasteiger partial charge in [-0.1, -0.05) is 117 Å². The van der Waals surface area contributed by atoms with Gasteiger partial charge in [0.1, 0.15) is 33.9 Å². The highest BCUT2D eigenvalue weighted by Gasteiger charge is 2.58. The van der Waals surface area contributed by atoms with E-state index in [0.29, 0.717) is 61.3 Å². The molecule has 6 heterocycles. The van der Waals surface area contributed by atoms with Gasteiger partial charge in [0.2, 0.25) is 0 Å². The number of hydrogen-bond acceptors (Lipinski definition) is 13. The van der Waals surface area contributed by atoms with E-state index < -0.39 is 11.5 Å². The second-order valence-corrected chi connectivity index (χ2v) is 30.7. The SMILES string of the molecule is C.CN1CC[C@]23Cc4[nH]c(=O)c(C(=O)NCc5ccccc5)cc4C[C@H]2[C@H]1Cc1ccc(O)cc13.COc1ccc2c(c1)[C@]13CCN(C)[C@H](C2)[C@@H]1Cc1cc(C(=O)NCc2ccccc2)c(=O)[nH]c1C3.COc1ccc2c(c1)[C@]13CCN(C)[C@H](C2)[C@@H]1Cc1cc(C(=O)O)c(=O)[nH]c1C3.NCc1ccccc1. The number of aromatic carboxylic acids is 1. The first kappa shape index (κ1) is 72.8. The summed E-state index contributed by atoms with van der Waals surface area (Å²) >= 11 is 0. The van der Waals surface area contributed by atoms with Crippen molar-refractivity contribution in [2.45, 2.75) is 138 Å². The third-order valence-corrected chi connectivity index (χ3v) is 25.4. The highest BCUT2D eigenvalue weighted by Crippen LogP contribution is 2.58. The Labute approximate surface area is 618 Å². The number of aromatic hydroxyl groups is 1. The molecule has 550 valence electrons. The Kier molecular flexibility index (Phi) is 20.3. The Hall–Kier alpha value is -10.2. The zero-order valence-corrected chi connectivity index (χ0v) is 60.4. The van der Waals surface area contributed by atoms with E-state index in [1.54, 1.807) is 26.4 Å². The van der Waals surface area contributed by atoms with Gasteiger partial charge in [0.25, 0.3) is 28.5 Å². The van der Waals surface area contributed by atoms with Crippen LogP contribution < -0.4 is 42.5 Å². The molecule has 0 saturated carbocycles. The third-order valence-electron chi connectivity index (χ3n) is 25.4. The predicted molar refractivity (Wildman–Crippen MR) is 410 cm³/mol. The largest absolute Gasteiger partial charge is 0.508 e. The van der Waals surface area contributed by atoms with Crippen molar-refractivity contribution in [3.05, 3.63) is 295 Å². The van der Waals surface area contributed by atoms with Crippen molar-refractivity contribution in [3.63, 3.8) is 0 Å². The number of likely N-dealkylation sites (N-methyl/N-ethyl adjacent to an activating group) is 3. The number of nitrogens with one attached hydrogen (secondary N) is 5. The van der Waals surface area contributed by atoms with Crippen LogP contribution >= 0.6 is 0 Å². The summed E-state index contributed by atoms with van der Waals surface area (Å²) in [5.74, 6) is 1.42. The summed E-state index contributed by atoms with van der Waals surface area (Å²) in [7, 11) is 10.0. The first-order valence-electron chi connectivity index (χ1n) is 36.9. The number of likely N-dealkylation sites (tertiary alicyclic amines) is 3. The number of benzene rings is 6. The van der Waals surface area contributed by atoms with E-state index in [1.165, 1.54) is 38.9 Å². The molecule has 19 nitrogen and oxygen atoms in total. The average molecular weight is 1430 g/mol. The summed E-state index contributed by atoms with van der Waals surface area (Å²) in [6.45, 7) is 4.47. The summed E-state index contributed by atoms with van der Waals surface area (Å²) in [5, 5.41) is 25.4. The van der Waals surface area contributed by atoms with Gasteiger partial charge in [-0.25, -0.2) is 4.79 Å². The van der Waals surface area contributed by atoms with Gasteiger partial charge in [-0.15, -0.1) is 0 Å². The van der Waals surface area contributed by atoms with Crippen LogP contribution in [0, 0.1) is 17.8 Å². The number of carbonyl (C=O) groups excluding carboxylic acids is 2. The molecular weight excluding hydrogens is 1330 g/mol. The molecule has 3 saturated heterocycles. The van der Waals surface area contributed by atoms with Gasteiger partial charge in [-0.05, 0) is 257 Å². The van der Waals surface area contributed by atoms with E-state index in [1.807, 2.05) is 115 Å². The maximum absolute atomic E-state index is 13.0. The first-order valence-corrected chi connectivity index (χ1v) is 36.9. The Bertz CT molecular complexity index is 5000. The molecule has 9 aromatic rings. The summed E-state index contributed by atoms with van der Waals surface area (Å²) in [6.07, 6.45) is 10.8. The maximum atomic E-state index is 13.0. The van der Waals surface area contributed by atoms with Gasteiger partial charge >= 0.3 is 5.97 Å². The molecule has 3 aliphatic heterocycles. The molecule has 3 aromatic heterocycles. The van der Waals surface area contributed by atoms with Gasteiger partial charge in [-0.2, -0.15) is 0 Å². The number of piperidine rings is 3. The van der Waals surface area contributed by atoms with E-state index in [9.17, 15) is 39.0 Å². The minimum Gasteiger partial charge on any atom is -0.508 e.